The van der Waals surface area contributed by atoms with Crippen molar-refractivity contribution in [2.24, 2.45) is 0 Å². The van der Waals surface area contributed by atoms with Gasteiger partial charge in [0.15, 0.2) is 0 Å². The van der Waals surface area contributed by atoms with Crippen molar-refractivity contribution < 1.29 is 19.1 Å². The molecule has 3 rings (SSSR count). The molecule has 0 spiro atoms. The third-order valence-electron chi connectivity index (χ3n) is 5.79. The molecule has 2 heterocycles. The molecule has 2 unspecified atom stereocenters. The van der Waals surface area contributed by atoms with Crippen LogP contribution in [0.25, 0.3) is 6.08 Å². The summed E-state index contributed by atoms with van der Waals surface area (Å²) in [7, 11) is 3.28. The van der Waals surface area contributed by atoms with Gasteiger partial charge in [-0.3, -0.25) is 14.5 Å². The van der Waals surface area contributed by atoms with E-state index in [9.17, 15) is 14.4 Å². The average Bonchev–Trinajstić information content (AvgIpc) is 2.92. The number of halogens is 1. The van der Waals surface area contributed by atoms with Crippen LogP contribution in [0.5, 0.6) is 0 Å². The molecule has 6 nitrogen and oxygen atoms in total. The molecule has 0 aromatic heterocycles. The van der Waals surface area contributed by atoms with E-state index in [1.165, 1.54) is 14.0 Å². The number of benzene rings is 1. The second-order valence-corrected chi connectivity index (χ2v) is 9.56. The Balaban J connectivity index is 1.98. The first-order valence-corrected chi connectivity index (χ1v) is 10.6. The van der Waals surface area contributed by atoms with Crippen LogP contribution >= 0.6 is 23.4 Å². The molecule has 2 aliphatic rings. The summed E-state index contributed by atoms with van der Waals surface area (Å²) in [5, 5.41) is 0.0106. The van der Waals surface area contributed by atoms with Gasteiger partial charge in [-0.15, -0.1) is 0 Å². The van der Waals surface area contributed by atoms with Crippen molar-refractivity contribution in [2.45, 2.75) is 51.6 Å². The van der Waals surface area contributed by atoms with Crippen molar-refractivity contribution in [3.05, 3.63) is 33.2 Å². The van der Waals surface area contributed by atoms with Crippen LogP contribution in [0.2, 0.25) is 5.02 Å². The molecule has 2 amide bonds. The van der Waals surface area contributed by atoms with Crippen LogP contribution in [0.1, 0.15) is 51.2 Å². The zero-order chi connectivity index (χ0) is 21.7. The van der Waals surface area contributed by atoms with E-state index in [-0.39, 0.29) is 10.4 Å². The van der Waals surface area contributed by atoms with Crippen molar-refractivity contribution >= 4 is 52.2 Å². The van der Waals surface area contributed by atoms with E-state index in [1.54, 1.807) is 6.08 Å². The summed E-state index contributed by atoms with van der Waals surface area (Å²) in [6.45, 7) is 8.05. The fraction of sp³-hybridized carbons (Fsp3) is 0.476. The maximum absolute atomic E-state index is 12.7. The van der Waals surface area contributed by atoms with Gasteiger partial charge in [0, 0.05) is 23.3 Å². The molecule has 1 aromatic rings. The number of carbonyl (C=O) groups excluding carboxylic acids is 3. The molecular weight excluding hydrogens is 412 g/mol. The summed E-state index contributed by atoms with van der Waals surface area (Å²) in [6.07, 6.45) is 2.62. The Hall–Kier alpha value is -1.99. The molecule has 156 valence electrons. The molecule has 8 heteroatoms. The Morgan fingerprint density at radius 3 is 2.66 bits per heavy atom. The van der Waals surface area contributed by atoms with Gasteiger partial charge >= 0.3 is 5.97 Å². The maximum Gasteiger partial charge on any atom is 0.328 e. The van der Waals surface area contributed by atoms with Crippen molar-refractivity contribution in [1.82, 2.24) is 4.90 Å². The van der Waals surface area contributed by atoms with Crippen LogP contribution in [-0.2, 0) is 14.3 Å². The van der Waals surface area contributed by atoms with Gasteiger partial charge in [0.2, 0.25) is 0 Å². The van der Waals surface area contributed by atoms with E-state index < -0.39 is 23.2 Å². The van der Waals surface area contributed by atoms with Crippen LogP contribution in [0.3, 0.4) is 0 Å². The van der Waals surface area contributed by atoms with Gasteiger partial charge in [0.1, 0.15) is 6.04 Å². The Bertz CT molecular complexity index is 928. The molecule has 2 atom stereocenters. The lowest BCUT2D eigenvalue weighted by atomic mass is 9.80. The van der Waals surface area contributed by atoms with E-state index in [0.717, 1.165) is 34.3 Å². The lowest BCUT2D eigenvalue weighted by molar-refractivity contribution is -0.148. The Kier molecular flexibility index (Phi) is 5.75. The van der Waals surface area contributed by atoms with E-state index in [0.29, 0.717) is 16.5 Å². The number of methoxy groups -OCH3 is 1. The Morgan fingerprint density at radius 2 is 2.03 bits per heavy atom. The van der Waals surface area contributed by atoms with E-state index in [2.05, 4.69) is 37.5 Å². The number of rotatable bonds is 3. The molecule has 0 N–H and O–H groups in total. The quantitative estimate of drug-likeness (QED) is 0.507. The fourth-order valence-corrected chi connectivity index (χ4v) is 5.06. The van der Waals surface area contributed by atoms with Gasteiger partial charge in [0.05, 0.1) is 12.0 Å². The number of hydrogen-bond acceptors (Lipinski definition) is 6. The van der Waals surface area contributed by atoms with E-state index in [4.69, 9.17) is 11.6 Å². The van der Waals surface area contributed by atoms with Gasteiger partial charge in [-0.05, 0) is 74.2 Å². The topological polar surface area (TPSA) is 66.9 Å². The highest BCUT2D eigenvalue weighted by atomic mass is 35.5. The molecule has 2 aliphatic heterocycles. The number of anilines is 1. The van der Waals surface area contributed by atoms with Gasteiger partial charge in [-0.2, -0.15) is 0 Å². The van der Waals surface area contributed by atoms with Gasteiger partial charge in [-0.1, -0.05) is 18.5 Å². The zero-order valence-corrected chi connectivity index (χ0v) is 19.0. The van der Waals surface area contributed by atoms with Gasteiger partial charge < -0.3 is 9.64 Å². The molecule has 29 heavy (non-hydrogen) atoms. The highest BCUT2D eigenvalue weighted by molar-refractivity contribution is 8.18. The molecular formula is C21H25ClN2O4S. The standard InChI is InChI=1S/C21H25ClN2O4S/c1-11-10-21(3,4)23(5)16-9-15(22)13(7-14(11)16)8-17-18(25)24(20(27)29-17)12(2)19(26)28-6/h7-9,11-12H,10H2,1-6H3/b17-8+. The monoisotopic (exact) mass is 436 g/mol. The third-order valence-corrected chi connectivity index (χ3v) is 7.00. The molecule has 1 saturated heterocycles. The summed E-state index contributed by atoms with van der Waals surface area (Å²) in [6, 6.07) is 2.93. The highest BCUT2D eigenvalue weighted by Crippen LogP contribution is 2.45. The Morgan fingerprint density at radius 1 is 1.38 bits per heavy atom. The van der Waals surface area contributed by atoms with E-state index >= 15 is 0 Å². The fourth-order valence-electron chi connectivity index (χ4n) is 3.95. The number of esters is 1. The number of thioether (sulfide) groups is 1. The largest absolute Gasteiger partial charge is 0.467 e. The van der Waals surface area contributed by atoms with Crippen molar-refractivity contribution in [1.29, 1.82) is 0 Å². The maximum atomic E-state index is 12.7. The number of ether oxygens (including phenoxy) is 1. The predicted octanol–water partition coefficient (Wildman–Crippen LogP) is 4.66. The Labute approximate surface area is 180 Å². The summed E-state index contributed by atoms with van der Waals surface area (Å²) < 4.78 is 4.66. The summed E-state index contributed by atoms with van der Waals surface area (Å²) >= 11 is 7.34. The van der Waals surface area contributed by atoms with Crippen molar-refractivity contribution in [3.8, 4) is 0 Å². The van der Waals surface area contributed by atoms with Crippen molar-refractivity contribution in [2.75, 3.05) is 19.1 Å². The molecule has 0 bridgehead atoms. The average molecular weight is 437 g/mol. The number of amides is 2. The first-order chi connectivity index (χ1) is 13.5. The van der Waals surface area contributed by atoms with Crippen LogP contribution < -0.4 is 4.90 Å². The van der Waals surface area contributed by atoms with Crippen LogP contribution in [0.15, 0.2) is 17.0 Å². The van der Waals surface area contributed by atoms with Crippen LogP contribution in [-0.4, -0.2) is 47.8 Å². The normalized spacial score (nSPS) is 23.4. The lowest BCUT2D eigenvalue weighted by Gasteiger charge is -2.45. The molecule has 0 saturated carbocycles. The number of fused-ring (bicyclic) bond motifs is 1. The number of nitrogens with zero attached hydrogens (tertiary/aromatic N) is 2. The predicted molar refractivity (Wildman–Crippen MR) is 116 cm³/mol. The van der Waals surface area contributed by atoms with Gasteiger partial charge in [-0.25, -0.2) is 4.79 Å². The van der Waals surface area contributed by atoms with Gasteiger partial charge in [0.25, 0.3) is 11.1 Å². The molecule has 1 fully saturated rings. The van der Waals surface area contributed by atoms with E-state index in [1.807, 2.05) is 12.1 Å². The smallest absolute Gasteiger partial charge is 0.328 e. The van der Waals surface area contributed by atoms with Crippen LogP contribution in [0.4, 0.5) is 10.5 Å². The third kappa shape index (κ3) is 3.78. The number of hydrogen-bond donors (Lipinski definition) is 0. The minimum Gasteiger partial charge on any atom is -0.467 e. The summed E-state index contributed by atoms with van der Waals surface area (Å²) in [5.74, 6) is -0.826. The van der Waals surface area contributed by atoms with Crippen molar-refractivity contribution in [3.63, 3.8) is 0 Å². The van der Waals surface area contributed by atoms with Crippen LogP contribution in [0, 0.1) is 0 Å². The molecule has 0 radical (unpaired) electrons. The molecule has 1 aromatic carbocycles. The highest BCUT2D eigenvalue weighted by Gasteiger charge is 2.41. The SMILES string of the molecule is COC(=O)C(C)N1C(=O)S/C(=C/c2cc3c(cc2Cl)N(C)C(C)(C)CC3C)C1=O. The molecule has 0 aliphatic carbocycles. The summed E-state index contributed by atoms with van der Waals surface area (Å²) in [4.78, 5) is 40.2. The zero-order valence-electron chi connectivity index (χ0n) is 17.4. The number of imide groups is 1. The first-order valence-electron chi connectivity index (χ1n) is 9.40. The second kappa shape index (κ2) is 7.69. The number of carbonyl (C=O) groups is 3. The minimum atomic E-state index is -0.978. The summed E-state index contributed by atoms with van der Waals surface area (Å²) in [5.41, 5.74) is 2.93. The first kappa shape index (κ1) is 21.7. The lowest BCUT2D eigenvalue weighted by Crippen LogP contribution is -2.45. The minimum absolute atomic E-state index is 0.0178. The second-order valence-electron chi connectivity index (χ2n) is 8.16.